The van der Waals surface area contributed by atoms with Crippen molar-refractivity contribution in [2.45, 2.75) is 44.3 Å². The van der Waals surface area contributed by atoms with Crippen LogP contribution >= 0.6 is 0 Å². The summed E-state index contributed by atoms with van der Waals surface area (Å²) in [5, 5.41) is 0. The molecule has 9 heteroatoms. The number of nitrogens with zero attached hydrogens (tertiary/aromatic N) is 2. The molecule has 0 amide bonds. The third-order valence-corrected chi connectivity index (χ3v) is 6.61. The minimum absolute atomic E-state index is 0.282. The minimum atomic E-state index is -4.43. The highest BCUT2D eigenvalue weighted by Gasteiger charge is 2.32. The zero-order chi connectivity index (χ0) is 20.7. The molecule has 1 fully saturated rings. The minimum Gasteiger partial charge on any atom is -0.355 e. The fourth-order valence-electron chi connectivity index (χ4n) is 3.67. The van der Waals surface area contributed by atoms with Crippen molar-refractivity contribution in [2.24, 2.45) is 0 Å². The molecule has 1 aliphatic heterocycles. The molecule has 0 bridgehead atoms. The molecular weight excluding hydrogens is 391 g/mol. The average molecular weight is 413 g/mol. The van der Waals surface area contributed by atoms with Crippen LogP contribution in [0.15, 0.2) is 35.4 Å². The molecule has 0 saturated carbocycles. The van der Waals surface area contributed by atoms with Crippen molar-refractivity contribution < 1.29 is 21.6 Å². The Kier molecular flexibility index (Phi) is 5.42. The van der Waals surface area contributed by atoms with Crippen LogP contribution in [0.2, 0.25) is 0 Å². The standard InChI is InChI=1S/C19H22F3N3O2S/c1-12-8-13(2)18(14(3)9-12)28(26,27)24-16-6-7-25(11-16)17-5-4-15(10-23-17)19(20,21)22/h4-5,8-10,16,24H,6-7,11H2,1-3H3. The highest BCUT2D eigenvalue weighted by molar-refractivity contribution is 7.89. The Balaban J connectivity index is 1.72. The number of hydrogen-bond acceptors (Lipinski definition) is 4. The largest absolute Gasteiger partial charge is 0.417 e. The van der Waals surface area contributed by atoms with Crippen molar-refractivity contribution in [3.63, 3.8) is 0 Å². The van der Waals surface area contributed by atoms with Crippen LogP contribution in [0.5, 0.6) is 0 Å². The quantitative estimate of drug-likeness (QED) is 0.832. The molecule has 0 spiro atoms. The van der Waals surface area contributed by atoms with E-state index in [-0.39, 0.29) is 10.9 Å². The van der Waals surface area contributed by atoms with E-state index in [0.29, 0.717) is 36.5 Å². The Morgan fingerprint density at radius 3 is 2.32 bits per heavy atom. The molecule has 28 heavy (non-hydrogen) atoms. The number of hydrogen-bond donors (Lipinski definition) is 1. The fourth-order valence-corrected chi connectivity index (χ4v) is 5.39. The van der Waals surface area contributed by atoms with Gasteiger partial charge in [-0.2, -0.15) is 13.2 Å². The number of anilines is 1. The van der Waals surface area contributed by atoms with Crippen LogP contribution in [0.4, 0.5) is 19.0 Å². The van der Waals surface area contributed by atoms with Gasteiger partial charge in [0.15, 0.2) is 0 Å². The van der Waals surface area contributed by atoms with Crippen LogP contribution in [0, 0.1) is 20.8 Å². The molecule has 5 nitrogen and oxygen atoms in total. The van der Waals surface area contributed by atoms with Crippen LogP contribution in [0.1, 0.15) is 28.7 Å². The summed E-state index contributed by atoms with van der Waals surface area (Å²) in [6.07, 6.45) is -3.09. The predicted molar refractivity (Wildman–Crippen MR) is 101 cm³/mol. The van der Waals surface area contributed by atoms with Gasteiger partial charge in [0.05, 0.1) is 10.5 Å². The van der Waals surface area contributed by atoms with Gasteiger partial charge < -0.3 is 4.90 Å². The summed E-state index contributed by atoms with van der Waals surface area (Å²) in [7, 11) is -3.70. The average Bonchev–Trinajstić information content (AvgIpc) is 3.00. The third kappa shape index (κ3) is 4.30. The van der Waals surface area contributed by atoms with E-state index < -0.39 is 21.8 Å². The number of aryl methyl sites for hydroxylation is 3. The molecule has 1 aliphatic rings. The molecule has 2 heterocycles. The first-order valence-corrected chi connectivity index (χ1v) is 10.3. The van der Waals surface area contributed by atoms with E-state index in [1.165, 1.54) is 6.07 Å². The van der Waals surface area contributed by atoms with Crippen LogP contribution in [-0.2, 0) is 16.2 Å². The van der Waals surface area contributed by atoms with Crippen LogP contribution < -0.4 is 9.62 Å². The molecule has 2 aromatic rings. The molecule has 1 unspecified atom stereocenters. The molecule has 3 rings (SSSR count). The van der Waals surface area contributed by atoms with E-state index in [1.54, 1.807) is 18.7 Å². The number of halogens is 3. The lowest BCUT2D eigenvalue weighted by atomic mass is 10.1. The zero-order valence-electron chi connectivity index (χ0n) is 15.8. The SMILES string of the molecule is Cc1cc(C)c(S(=O)(=O)NC2CCN(c3ccc(C(F)(F)F)cn3)C2)c(C)c1. The molecule has 0 aliphatic carbocycles. The maximum Gasteiger partial charge on any atom is 0.417 e. The molecule has 1 saturated heterocycles. The lowest BCUT2D eigenvalue weighted by Crippen LogP contribution is -2.37. The normalized spacial score (nSPS) is 17.9. The van der Waals surface area contributed by atoms with Crippen LogP contribution in [0.3, 0.4) is 0 Å². The fraction of sp³-hybridized carbons (Fsp3) is 0.421. The second-order valence-electron chi connectivity index (χ2n) is 7.18. The zero-order valence-corrected chi connectivity index (χ0v) is 16.7. The number of rotatable bonds is 4. The first kappa shape index (κ1) is 20.6. The van der Waals surface area contributed by atoms with Crippen molar-refractivity contribution in [3.05, 3.63) is 52.7 Å². The number of aromatic nitrogens is 1. The number of pyridine rings is 1. The van der Waals surface area contributed by atoms with Gasteiger partial charge in [-0.15, -0.1) is 0 Å². The predicted octanol–water partition coefficient (Wildman–Crippen LogP) is 3.58. The molecular formula is C19H22F3N3O2S. The number of alkyl halides is 3. The van der Waals surface area contributed by atoms with E-state index in [0.717, 1.165) is 17.8 Å². The van der Waals surface area contributed by atoms with Gasteiger partial charge >= 0.3 is 6.18 Å². The van der Waals surface area contributed by atoms with Gasteiger partial charge in [-0.25, -0.2) is 18.1 Å². The molecule has 1 N–H and O–H groups in total. The first-order valence-electron chi connectivity index (χ1n) is 8.86. The Hall–Kier alpha value is -2.13. The van der Waals surface area contributed by atoms with Gasteiger partial charge in [-0.1, -0.05) is 17.7 Å². The molecule has 1 atom stereocenters. The van der Waals surface area contributed by atoms with Crippen molar-refractivity contribution >= 4 is 15.8 Å². The third-order valence-electron chi connectivity index (χ3n) is 4.78. The lowest BCUT2D eigenvalue weighted by molar-refractivity contribution is -0.137. The highest BCUT2D eigenvalue weighted by Crippen LogP contribution is 2.30. The molecule has 0 radical (unpaired) electrons. The van der Waals surface area contributed by atoms with Gasteiger partial charge in [-0.05, 0) is 50.5 Å². The monoisotopic (exact) mass is 413 g/mol. The van der Waals surface area contributed by atoms with E-state index in [1.807, 2.05) is 19.1 Å². The molecule has 152 valence electrons. The number of sulfonamides is 1. The van der Waals surface area contributed by atoms with E-state index in [9.17, 15) is 21.6 Å². The first-order chi connectivity index (χ1) is 13.0. The summed E-state index contributed by atoms with van der Waals surface area (Å²) < 4.78 is 66.5. The smallest absolute Gasteiger partial charge is 0.355 e. The van der Waals surface area contributed by atoms with Gasteiger partial charge in [0.2, 0.25) is 10.0 Å². The summed E-state index contributed by atoms with van der Waals surface area (Å²) in [5.41, 5.74) is 1.56. The second kappa shape index (κ2) is 7.36. The summed E-state index contributed by atoms with van der Waals surface area (Å²) in [4.78, 5) is 5.94. The summed E-state index contributed by atoms with van der Waals surface area (Å²) in [6.45, 7) is 6.30. The maximum atomic E-state index is 12.9. The second-order valence-corrected chi connectivity index (χ2v) is 8.83. The van der Waals surface area contributed by atoms with E-state index >= 15 is 0 Å². The van der Waals surface area contributed by atoms with Crippen LogP contribution in [-0.4, -0.2) is 32.5 Å². The van der Waals surface area contributed by atoms with Gasteiger partial charge in [-0.3, -0.25) is 0 Å². The van der Waals surface area contributed by atoms with Crippen LogP contribution in [0.25, 0.3) is 0 Å². The van der Waals surface area contributed by atoms with Crippen molar-refractivity contribution in [2.75, 3.05) is 18.0 Å². The van der Waals surface area contributed by atoms with Gasteiger partial charge in [0.1, 0.15) is 5.82 Å². The molecule has 1 aromatic carbocycles. The highest BCUT2D eigenvalue weighted by atomic mass is 32.2. The van der Waals surface area contributed by atoms with Crippen molar-refractivity contribution in [1.82, 2.24) is 9.71 Å². The lowest BCUT2D eigenvalue weighted by Gasteiger charge is -2.19. The summed E-state index contributed by atoms with van der Waals surface area (Å²) in [6, 6.07) is 5.62. The van der Waals surface area contributed by atoms with Crippen molar-refractivity contribution in [3.8, 4) is 0 Å². The van der Waals surface area contributed by atoms with E-state index in [2.05, 4.69) is 9.71 Å². The topological polar surface area (TPSA) is 62.3 Å². The Bertz CT molecular complexity index is 950. The maximum absolute atomic E-state index is 12.9. The summed E-state index contributed by atoms with van der Waals surface area (Å²) in [5.74, 6) is 0.400. The Morgan fingerprint density at radius 2 is 1.79 bits per heavy atom. The number of benzene rings is 1. The summed E-state index contributed by atoms with van der Waals surface area (Å²) >= 11 is 0. The number of nitrogens with one attached hydrogen (secondary N) is 1. The molecule has 1 aromatic heterocycles. The van der Waals surface area contributed by atoms with Crippen molar-refractivity contribution in [1.29, 1.82) is 0 Å². The van der Waals surface area contributed by atoms with E-state index in [4.69, 9.17) is 0 Å². The Labute approximate surface area is 162 Å². The Morgan fingerprint density at radius 1 is 1.14 bits per heavy atom. The van der Waals surface area contributed by atoms with Gasteiger partial charge in [0.25, 0.3) is 0 Å². The van der Waals surface area contributed by atoms with Gasteiger partial charge in [0, 0.05) is 25.3 Å².